The van der Waals surface area contributed by atoms with E-state index in [4.69, 9.17) is 16.3 Å². The normalized spacial score (nSPS) is 13.9. The van der Waals surface area contributed by atoms with Gasteiger partial charge in [-0.1, -0.05) is 31.2 Å². The molecule has 2 amide bonds. The lowest BCUT2D eigenvalue weighted by molar-refractivity contribution is -0.137. The predicted octanol–water partition coefficient (Wildman–Crippen LogP) is 8.91. The molecule has 0 unspecified atom stereocenters. The first-order valence-electron chi connectivity index (χ1n) is 14.3. The van der Waals surface area contributed by atoms with E-state index < -0.39 is 97.4 Å². The topological polar surface area (TPSA) is 79.0 Å². The Labute approximate surface area is 289 Å². The number of carbonyl (C=O) groups is 3. The van der Waals surface area contributed by atoms with Crippen molar-refractivity contribution in [1.29, 1.82) is 0 Å². The summed E-state index contributed by atoms with van der Waals surface area (Å²) in [6.45, 7) is 3.50. The SMILES string of the molecule is C[Si](C)(C)CCOCN1C(=O)CN(CC(F)(F)F)c2cc(NC(=O)c3cc(F)cc(C(F)(F)F)c3)c(C(=O)c3cc(F)ccc3Cl)c(Br)c21. The average Bonchev–Trinajstić information content (AvgIpc) is 2.95. The second-order valence-electron chi connectivity index (χ2n) is 12.3. The Morgan fingerprint density at radius 1 is 1.00 bits per heavy atom. The molecule has 7 nitrogen and oxygen atoms in total. The van der Waals surface area contributed by atoms with Gasteiger partial charge >= 0.3 is 12.4 Å². The minimum atomic E-state index is -5.05. The number of alkyl halides is 6. The Kier molecular flexibility index (Phi) is 11.2. The lowest BCUT2D eigenvalue weighted by Crippen LogP contribution is -2.49. The Hall–Kier alpha value is -3.54. The molecule has 0 saturated carbocycles. The van der Waals surface area contributed by atoms with Crippen molar-refractivity contribution in [2.45, 2.75) is 38.0 Å². The molecule has 0 bridgehead atoms. The summed E-state index contributed by atoms with van der Waals surface area (Å²) in [5, 5.41) is 1.92. The van der Waals surface area contributed by atoms with Gasteiger partial charge in [-0.25, -0.2) is 8.78 Å². The average molecular weight is 801 g/mol. The highest BCUT2D eigenvalue weighted by atomic mass is 79.9. The summed E-state index contributed by atoms with van der Waals surface area (Å²) in [5.41, 5.74) is -4.54. The third kappa shape index (κ3) is 9.37. The van der Waals surface area contributed by atoms with Gasteiger partial charge in [0.25, 0.3) is 5.91 Å². The monoisotopic (exact) mass is 799 g/mol. The summed E-state index contributed by atoms with van der Waals surface area (Å²) in [6.07, 6.45) is -9.89. The number of hydrogen-bond acceptors (Lipinski definition) is 5. The van der Waals surface area contributed by atoms with Gasteiger partial charge < -0.3 is 15.0 Å². The molecule has 49 heavy (non-hydrogen) atoms. The number of nitrogens with zero attached hydrogens (tertiary/aromatic N) is 2. The van der Waals surface area contributed by atoms with Crippen LogP contribution in [0.2, 0.25) is 30.7 Å². The molecule has 18 heteroatoms. The molecule has 0 saturated heterocycles. The fourth-order valence-corrected chi connectivity index (χ4v) is 6.59. The molecule has 0 aliphatic carbocycles. The molecule has 0 spiro atoms. The van der Waals surface area contributed by atoms with Crippen LogP contribution in [0.5, 0.6) is 0 Å². The Morgan fingerprint density at radius 2 is 1.67 bits per heavy atom. The molecule has 1 aliphatic rings. The largest absolute Gasteiger partial charge is 0.416 e. The van der Waals surface area contributed by atoms with Crippen LogP contribution in [0.4, 0.5) is 52.2 Å². The number of carbonyl (C=O) groups excluding carboxylic acids is 3. The van der Waals surface area contributed by atoms with Gasteiger partial charge in [0.2, 0.25) is 5.91 Å². The van der Waals surface area contributed by atoms with Crippen LogP contribution in [0.1, 0.15) is 31.8 Å². The molecule has 4 rings (SSSR count). The van der Waals surface area contributed by atoms with Crippen molar-refractivity contribution in [2.75, 3.05) is 41.5 Å². The van der Waals surface area contributed by atoms with E-state index in [9.17, 15) is 49.5 Å². The summed E-state index contributed by atoms with van der Waals surface area (Å²) >= 11 is 9.39. The van der Waals surface area contributed by atoms with Crippen LogP contribution in [-0.2, 0) is 15.7 Å². The van der Waals surface area contributed by atoms with Crippen molar-refractivity contribution >= 4 is 70.3 Å². The van der Waals surface area contributed by atoms with E-state index in [1.165, 1.54) is 0 Å². The van der Waals surface area contributed by atoms with Gasteiger partial charge in [0, 0.05) is 25.8 Å². The Morgan fingerprint density at radius 3 is 2.29 bits per heavy atom. The van der Waals surface area contributed by atoms with E-state index in [1.54, 1.807) is 0 Å². The summed E-state index contributed by atoms with van der Waals surface area (Å²) in [6, 6.07) is 5.30. The molecule has 264 valence electrons. The van der Waals surface area contributed by atoms with E-state index in [1.807, 2.05) is 0 Å². The first-order valence-corrected chi connectivity index (χ1v) is 19.2. The molecule has 1 N–H and O–H groups in total. The van der Waals surface area contributed by atoms with Gasteiger partial charge in [-0.15, -0.1) is 0 Å². The highest BCUT2D eigenvalue weighted by Crippen LogP contribution is 2.47. The molecule has 3 aromatic rings. The predicted molar refractivity (Wildman–Crippen MR) is 173 cm³/mol. The number of rotatable bonds is 10. The zero-order chi connectivity index (χ0) is 36.6. The number of benzene rings is 3. The maximum atomic E-state index is 14.3. The van der Waals surface area contributed by atoms with Crippen LogP contribution < -0.4 is 15.1 Å². The molecular weight excluding hydrogens is 774 g/mol. The van der Waals surface area contributed by atoms with Crippen LogP contribution in [0.15, 0.2) is 46.9 Å². The van der Waals surface area contributed by atoms with Crippen molar-refractivity contribution in [3.63, 3.8) is 0 Å². The second-order valence-corrected chi connectivity index (χ2v) is 19.1. The highest BCUT2D eigenvalue weighted by Gasteiger charge is 2.40. The van der Waals surface area contributed by atoms with E-state index >= 15 is 0 Å². The van der Waals surface area contributed by atoms with E-state index in [0.29, 0.717) is 23.1 Å². The van der Waals surface area contributed by atoms with Crippen molar-refractivity contribution in [3.8, 4) is 0 Å². The lowest BCUT2D eigenvalue weighted by Gasteiger charge is -2.39. The fourth-order valence-electron chi connectivity index (χ4n) is 4.82. The maximum Gasteiger partial charge on any atom is 0.416 e. The van der Waals surface area contributed by atoms with Gasteiger partial charge in [-0.3, -0.25) is 19.3 Å². The van der Waals surface area contributed by atoms with Crippen LogP contribution in [-0.4, -0.2) is 58.3 Å². The number of nitrogens with one attached hydrogen (secondary N) is 1. The van der Waals surface area contributed by atoms with Crippen molar-refractivity contribution < 1.29 is 54.2 Å². The highest BCUT2D eigenvalue weighted by molar-refractivity contribution is 9.10. The van der Waals surface area contributed by atoms with Gasteiger partial charge in [-0.2, -0.15) is 26.3 Å². The first-order chi connectivity index (χ1) is 22.6. The summed E-state index contributed by atoms with van der Waals surface area (Å²) in [4.78, 5) is 42.2. The number of anilines is 3. The fraction of sp³-hybridized carbons (Fsp3) is 0.323. The van der Waals surface area contributed by atoms with Gasteiger partial charge in [-0.05, 0) is 64.4 Å². The van der Waals surface area contributed by atoms with Gasteiger partial charge in [0.15, 0.2) is 5.78 Å². The van der Waals surface area contributed by atoms with Crippen molar-refractivity contribution in [2.24, 2.45) is 0 Å². The van der Waals surface area contributed by atoms with Crippen LogP contribution in [0, 0.1) is 11.6 Å². The molecule has 1 aliphatic heterocycles. The number of amides is 2. The minimum absolute atomic E-state index is 0.152. The summed E-state index contributed by atoms with van der Waals surface area (Å²) < 4.78 is 115. The first kappa shape index (κ1) is 38.3. The molecule has 0 atom stereocenters. The summed E-state index contributed by atoms with van der Waals surface area (Å²) in [5.74, 6) is -5.64. The van der Waals surface area contributed by atoms with E-state index in [-0.39, 0.29) is 33.5 Å². The van der Waals surface area contributed by atoms with Crippen LogP contribution >= 0.6 is 27.5 Å². The molecule has 1 heterocycles. The number of ketones is 1. The molecular formula is C31H27BrClF8N3O4Si. The van der Waals surface area contributed by atoms with Crippen molar-refractivity contribution in [3.05, 3.63) is 85.8 Å². The molecule has 0 fully saturated rings. The zero-order valence-electron chi connectivity index (χ0n) is 25.9. The Bertz CT molecular complexity index is 1800. The summed E-state index contributed by atoms with van der Waals surface area (Å²) in [7, 11) is -1.61. The zero-order valence-corrected chi connectivity index (χ0v) is 29.2. The molecule has 0 aromatic heterocycles. The smallest absolute Gasteiger partial charge is 0.361 e. The Balaban J connectivity index is 1.94. The standard InChI is InChI=1S/C31H27BrClF8N3O4Si/c1-49(2,3)7-6-48-15-44-24(45)13-43(14-30(36,37)38)23-12-22(42-29(47)16-8-17(31(39,40)41)10-19(35)9-16)25(26(32)27(23)44)28(46)20-11-18(34)4-5-21(20)33/h4-5,8-12H,6-7,13-15H2,1-3H3,(H,42,47). The number of hydrogen-bond donors (Lipinski definition) is 1. The minimum Gasteiger partial charge on any atom is -0.361 e. The third-order valence-electron chi connectivity index (χ3n) is 7.18. The van der Waals surface area contributed by atoms with Gasteiger partial charge in [0.1, 0.15) is 24.9 Å². The van der Waals surface area contributed by atoms with E-state index in [2.05, 4.69) is 40.9 Å². The quantitative estimate of drug-likeness (QED) is 0.0960. The maximum absolute atomic E-state index is 14.3. The second kappa shape index (κ2) is 14.4. The number of halogens is 10. The number of fused-ring (bicyclic) bond motifs is 1. The number of ether oxygens (including phenoxy) is 1. The third-order valence-corrected chi connectivity index (χ3v) is 9.99. The molecule has 0 radical (unpaired) electrons. The van der Waals surface area contributed by atoms with Crippen molar-refractivity contribution in [1.82, 2.24) is 0 Å². The van der Waals surface area contributed by atoms with Gasteiger partial charge in [0.05, 0.1) is 44.2 Å². The lowest BCUT2D eigenvalue weighted by atomic mass is 9.97. The van der Waals surface area contributed by atoms with Crippen LogP contribution in [0.25, 0.3) is 0 Å². The van der Waals surface area contributed by atoms with Crippen LogP contribution in [0.3, 0.4) is 0 Å². The molecule has 3 aromatic carbocycles. The van der Waals surface area contributed by atoms with E-state index in [0.717, 1.165) is 29.2 Å².